The molecule has 23 heavy (non-hydrogen) atoms. The molecule has 6 heteroatoms. The van der Waals surface area contributed by atoms with Gasteiger partial charge in [-0.15, -0.1) is 0 Å². The van der Waals surface area contributed by atoms with Crippen molar-refractivity contribution in [3.05, 3.63) is 75.8 Å². The Morgan fingerprint density at radius 1 is 1.13 bits per heavy atom. The Hall–Kier alpha value is -3.02. The summed E-state index contributed by atoms with van der Waals surface area (Å²) >= 11 is 0. The first kappa shape index (κ1) is 16.4. The summed E-state index contributed by atoms with van der Waals surface area (Å²) in [7, 11) is 0. The molecule has 1 N–H and O–H groups in total. The molecule has 6 nitrogen and oxygen atoms in total. The van der Waals surface area contributed by atoms with Crippen molar-refractivity contribution in [2.45, 2.75) is 19.8 Å². The molecular formula is C17H17N3O3. The lowest BCUT2D eigenvalue weighted by molar-refractivity contribution is -0.384. The van der Waals surface area contributed by atoms with Crippen LogP contribution in [0.1, 0.15) is 24.5 Å². The number of nitro benzene ring substituents is 1. The van der Waals surface area contributed by atoms with E-state index in [2.05, 4.69) is 10.5 Å². The highest BCUT2D eigenvalue weighted by atomic mass is 16.6. The second-order valence-corrected chi connectivity index (χ2v) is 4.91. The number of carbonyl (C=O) groups is 1. The van der Waals surface area contributed by atoms with E-state index < -0.39 is 4.92 Å². The Morgan fingerprint density at radius 2 is 1.78 bits per heavy atom. The van der Waals surface area contributed by atoms with Crippen molar-refractivity contribution in [2.24, 2.45) is 5.10 Å². The zero-order valence-corrected chi connectivity index (χ0v) is 12.7. The van der Waals surface area contributed by atoms with Crippen LogP contribution in [0, 0.1) is 10.1 Å². The fourth-order valence-corrected chi connectivity index (χ4v) is 2.07. The van der Waals surface area contributed by atoms with Crippen molar-refractivity contribution in [2.75, 3.05) is 0 Å². The number of rotatable bonds is 6. The Morgan fingerprint density at radius 3 is 2.35 bits per heavy atom. The van der Waals surface area contributed by atoms with Crippen LogP contribution in [0.15, 0.2) is 59.7 Å². The van der Waals surface area contributed by atoms with Gasteiger partial charge in [0, 0.05) is 12.1 Å². The van der Waals surface area contributed by atoms with Crippen LogP contribution in [0.4, 0.5) is 5.69 Å². The van der Waals surface area contributed by atoms with E-state index in [4.69, 9.17) is 0 Å². The second kappa shape index (κ2) is 7.84. The van der Waals surface area contributed by atoms with Crippen molar-refractivity contribution >= 4 is 17.3 Å². The molecule has 1 amide bonds. The molecule has 0 bridgehead atoms. The lowest BCUT2D eigenvalue weighted by atomic mass is 10.1. The zero-order valence-electron chi connectivity index (χ0n) is 12.7. The number of nitro groups is 1. The molecule has 0 spiro atoms. The van der Waals surface area contributed by atoms with Gasteiger partial charge in [-0.05, 0) is 17.5 Å². The Labute approximate surface area is 134 Å². The molecule has 0 atom stereocenters. The van der Waals surface area contributed by atoms with Crippen LogP contribution in [0.25, 0.3) is 0 Å². The van der Waals surface area contributed by atoms with Gasteiger partial charge in [0.2, 0.25) is 5.91 Å². The molecule has 0 aliphatic heterocycles. The maximum atomic E-state index is 11.9. The van der Waals surface area contributed by atoms with E-state index in [1.165, 1.54) is 12.1 Å². The molecule has 2 aromatic rings. The third-order valence-corrected chi connectivity index (χ3v) is 3.27. The van der Waals surface area contributed by atoms with Crippen molar-refractivity contribution in [3.8, 4) is 0 Å². The van der Waals surface area contributed by atoms with Crippen LogP contribution in [0.5, 0.6) is 0 Å². The van der Waals surface area contributed by atoms with E-state index in [1.54, 1.807) is 12.1 Å². The summed E-state index contributed by atoms with van der Waals surface area (Å²) in [4.78, 5) is 22.0. The smallest absolute Gasteiger partial charge is 0.269 e. The molecule has 0 heterocycles. The number of carbonyl (C=O) groups excluding carboxylic acids is 1. The first-order chi connectivity index (χ1) is 11.1. The number of hydrazone groups is 1. The fourth-order valence-electron chi connectivity index (χ4n) is 2.07. The first-order valence-electron chi connectivity index (χ1n) is 7.24. The van der Waals surface area contributed by atoms with E-state index in [0.717, 1.165) is 11.3 Å². The highest BCUT2D eigenvalue weighted by molar-refractivity contribution is 6.00. The molecule has 0 fully saturated rings. The maximum Gasteiger partial charge on any atom is 0.269 e. The van der Waals surface area contributed by atoms with Crippen molar-refractivity contribution in [1.82, 2.24) is 5.43 Å². The van der Waals surface area contributed by atoms with Crippen molar-refractivity contribution in [1.29, 1.82) is 0 Å². The summed E-state index contributed by atoms with van der Waals surface area (Å²) < 4.78 is 0. The highest BCUT2D eigenvalue weighted by Gasteiger charge is 2.07. The molecule has 0 aliphatic carbocycles. The van der Waals surface area contributed by atoms with Gasteiger partial charge in [0.15, 0.2) is 0 Å². The van der Waals surface area contributed by atoms with Gasteiger partial charge in [-0.1, -0.05) is 49.4 Å². The predicted molar refractivity (Wildman–Crippen MR) is 88.2 cm³/mol. The van der Waals surface area contributed by atoms with E-state index in [1.807, 2.05) is 37.3 Å². The SMILES string of the molecule is CCC(=NNC(=O)Cc1ccc([N+](=O)[O-])cc1)c1ccccc1. The van der Waals surface area contributed by atoms with Crippen LogP contribution in [0.2, 0.25) is 0 Å². The first-order valence-corrected chi connectivity index (χ1v) is 7.24. The van der Waals surface area contributed by atoms with Gasteiger partial charge in [-0.25, -0.2) is 5.43 Å². The van der Waals surface area contributed by atoms with E-state index in [-0.39, 0.29) is 18.0 Å². The topological polar surface area (TPSA) is 84.6 Å². The fraction of sp³-hybridized carbons (Fsp3) is 0.176. The average molecular weight is 311 g/mol. The van der Waals surface area contributed by atoms with Crippen LogP contribution in [-0.4, -0.2) is 16.5 Å². The summed E-state index contributed by atoms with van der Waals surface area (Å²) in [5.41, 5.74) is 4.99. The molecule has 0 saturated heterocycles. The summed E-state index contributed by atoms with van der Waals surface area (Å²) in [6, 6.07) is 15.5. The van der Waals surface area contributed by atoms with Gasteiger partial charge in [0.25, 0.3) is 5.69 Å². The molecule has 0 aliphatic rings. The number of benzene rings is 2. The largest absolute Gasteiger partial charge is 0.273 e. The lowest BCUT2D eigenvalue weighted by Gasteiger charge is -2.05. The van der Waals surface area contributed by atoms with Gasteiger partial charge >= 0.3 is 0 Å². The summed E-state index contributed by atoms with van der Waals surface area (Å²) in [5.74, 6) is -0.263. The third kappa shape index (κ3) is 4.74. The number of non-ortho nitro benzene ring substituents is 1. The zero-order chi connectivity index (χ0) is 16.7. The van der Waals surface area contributed by atoms with Gasteiger partial charge in [0.05, 0.1) is 17.1 Å². The number of nitrogens with one attached hydrogen (secondary N) is 1. The number of hydrogen-bond acceptors (Lipinski definition) is 4. The quantitative estimate of drug-likeness (QED) is 0.505. The Balaban J connectivity index is 1.98. The van der Waals surface area contributed by atoms with E-state index in [0.29, 0.717) is 12.0 Å². The molecule has 0 aromatic heterocycles. The normalized spacial score (nSPS) is 11.1. The summed E-state index contributed by atoms with van der Waals surface area (Å²) in [6.07, 6.45) is 0.815. The molecule has 2 rings (SSSR count). The molecule has 0 radical (unpaired) electrons. The van der Waals surface area contributed by atoms with Crippen LogP contribution in [0.3, 0.4) is 0 Å². The molecular weight excluding hydrogens is 294 g/mol. The third-order valence-electron chi connectivity index (χ3n) is 3.27. The minimum absolute atomic E-state index is 0.00419. The Kier molecular flexibility index (Phi) is 5.57. The van der Waals surface area contributed by atoms with Gasteiger partial charge in [-0.3, -0.25) is 14.9 Å². The molecule has 2 aromatic carbocycles. The minimum atomic E-state index is -0.471. The van der Waals surface area contributed by atoms with E-state index >= 15 is 0 Å². The van der Waals surface area contributed by atoms with Crippen LogP contribution < -0.4 is 5.43 Å². The van der Waals surface area contributed by atoms with Gasteiger partial charge < -0.3 is 0 Å². The molecule has 0 unspecified atom stereocenters. The standard InChI is InChI=1S/C17H17N3O3/c1-2-16(14-6-4-3-5-7-14)18-19-17(21)12-13-8-10-15(11-9-13)20(22)23/h3-11H,2,12H2,1H3,(H,19,21). The average Bonchev–Trinajstić information content (AvgIpc) is 2.57. The molecule has 0 saturated carbocycles. The van der Waals surface area contributed by atoms with Crippen LogP contribution >= 0.6 is 0 Å². The summed E-state index contributed by atoms with van der Waals surface area (Å²) in [5, 5.41) is 14.8. The second-order valence-electron chi connectivity index (χ2n) is 4.91. The Bertz CT molecular complexity index is 710. The number of nitrogens with zero attached hydrogens (tertiary/aromatic N) is 2. The highest BCUT2D eigenvalue weighted by Crippen LogP contribution is 2.12. The number of hydrogen-bond donors (Lipinski definition) is 1. The van der Waals surface area contributed by atoms with Crippen molar-refractivity contribution in [3.63, 3.8) is 0 Å². The van der Waals surface area contributed by atoms with E-state index in [9.17, 15) is 14.9 Å². The molecule has 118 valence electrons. The monoisotopic (exact) mass is 311 g/mol. The van der Waals surface area contributed by atoms with Gasteiger partial charge in [-0.2, -0.15) is 5.10 Å². The van der Waals surface area contributed by atoms with Crippen LogP contribution in [-0.2, 0) is 11.2 Å². The minimum Gasteiger partial charge on any atom is -0.273 e. The summed E-state index contributed by atoms with van der Waals surface area (Å²) in [6.45, 7) is 1.97. The predicted octanol–water partition coefficient (Wildman–Crippen LogP) is 3.07. The lowest BCUT2D eigenvalue weighted by Crippen LogP contribution is -2.21. The van der Waals surface area contributed by atoms with Gasteiger partial charge in [0.1, 0.15) is 0 Å². The maximum absolute atomic E-state index is 11.9. The van der Waals surface area contributed by atoms with Crippen molar-refractivity contribution < 1.29 is 9.72 Å². The number of amides is 1.